The van der Waals surface area contributed by atoms with Gasteiger partial charge in [0, 0.05) is 31.4 Å². The van der Waals surface area contributed by atoms with E-state index >= 15 is 0 Å². The van der Waals surface area contributed by atoms with E-state index in [9.17, 15) is 0 Å². The molecule has 112 valence electrons. The van der Waals surface area contributed by atoms with E-state index in [0.717, 1.165) is 19.5 Å². The summed E-state index contributed by atoms with van der Waals surface area (Å²) in [7, 11) is 2.07. The van der Waals surface area contributed by atoms with Crippen molar-refractivity contribution in [1.29, 1.82) is 0 Å². The van der Waals surface area contributed by atoms with E-state index in [4.69, 9.17) is 4.74 Å². The SMILES string of the molecule is C=CCOCC1c2c(ncn2C)CCN1Cc1cccs1. The van der Waals surface area contributed by atoms with Gasteiger partial charge in [0.15, 0.2) is 0 Å². The van der Waals surface area contributed by atoms with Crippen molar-refractivity contribution in [1.82, 2.24) is 14.5 Å². The van der Waals surface area contributed by atoms with Crippen molar-refractivity contribution in [2.75, 3.05) is 19.8 Å². The van der Waals surface area contributed by atoms with Crippen LogP contribution in [0, 0.1) is 0 Å². The summed E-state index contributed by atoms with van der Waals surface area (Å²) in [5.74, 6) is 0. The van der Waals surface area contributed by atoms with Gasteiger partial charge in [0.2, 0.25) is 0 Å². The van der Waals surface area contributed by atoms with E-state index in [1.54, 1.807) is 6.08 Å². The van der Waals surface area contributed by atoms with E-state index in [1.807, 2.05) is 17.7 Å². The highest BCUT2D eigenvalue weighted by Crippen LogP contribution is 2.31. The quantitative estimate of drug-likeness (QED) is 0.607. The Morgan fingerprint density at radius 2 is 2.48 bits per heavy atom. The first-order valence-electron chi connectivity index (χ1n) is 7.24. The topological polar surface area (TPSA) is 30.3 Å². The van der Waals surface area contributed by atoms with Crippen LogP contribution in [-0.4, -0.2) is 34.2 Å². The van der Waals surface area contributed by atoms with Crippen molar-refractivity contribution in [3.05, 3.63) is 52.8 Å². The number of rotatable bonds is 6. The van der Waals surface area contributed by atoms with Crippen molar-refractivity contribution in [2.24, 2.45) is 7.05 Å². The summed E-state index contributed by atoms with van der Waals surface area (Å²) in [6.45, 7) is 7.01. The van der Waals surface area contributed by atoms with Gasteiger partial charge in [-0.2, -0.15) is 0 Å². The van der Waals surface area contributed by atoms with E-state index < -0.39 is 0 Å². The molecule has 1 aliphatic heterocycles. The molecule has 0 amide bonds. The summed E-state index contributed by atoms with van der Waals surface area (Å²) in [4.78, 5) is 8.43. The van der Waals surface area contributed by atoms with Crippen LogP contribution in [0.1, 0.15) is 22.3 Å². The van der Waals surface area contributed by atoms with Crippen LogP contribution < -0.4 is 0 Å². The zero-order chi connectivity index (χ0) is 14.7. The van der Waals surface area contributed by atoms with Crippen LogP contribution >= 0.6 is 11.3 Å². The Bertz CT molecular complexity index is 591. The second-order valence-corrected chi connectivity index (χ2v) is 6.36. The normalized spacial score (nSPS) is 18.6. The van der Waals surface area contributed by atoms with Gasteiger partial charge in [0.1, 0.15) is 0 Å². The largest absolute Gasteiger partial charge is 0.375 e. The molecule has 2 aromatic heterocycles. The van der Waals surface area contributed by atoms with Gasteiger partial charge in [0.25, 0.3) is 0 Å². The van der Waals surface area contributed by atoms with Crippen LogP contribution in [0.15, 0.2) is 36.5 Å². The molecule has 3 rings (SSSR count). The van der Waals surface area contributed by atoms with Gasteiger partial charge in [-0.25, -0.2) is 4.98 Å². The molecule has 0 aliphatic carbocycles. The van der Waals surface area contributed by atoms with Crippen LogP contribution in [0.3, 0.4) is 0 Å². The molecule has 0 bridgehead atoms. The van der Waals surface area contributed by atoms with Crippen LogP contribution in [0.5, 0.6) is 0 Å². The zero-order valence-electron chi connectivity index (χ0n) is 12.4. The minimum Gasteiger partial charge on any atom is -0.375 e. The van der Waals surface area contributed by atoms with Gasteiger partial charge < -0.3 is 9.30 Å². The van der Waals surface area contributed by atoms with E-state index in [1.165, 1.54) is 16.3 Å². The lowest BCUT2D eigenvalue weighted by molar-refractivity contribution is 0.0592. The first-order chi connectivity index (χ1) is 10.3. The first kappa shape index (κ1) is 14.5. The van der Waals surface area contributed by atoms with Gasteiger partial charge in [0.05, 0.1) is 37.0 Å². The lowest BCUT2D eigenvalue weighted by Gasteiger charge is -2.35. The molecule has 0 saturated carbocycles. The molecule has 1 unspecified atom stereocenters. The highest BCUT2D eigenvalue weighted by atomic mass is 32.1. The Kier molecular flexibility index (Phi) is 4.53. The van der Waals surface area contributed by atoms with Crippen molar-refractivity contribution in [3.8, 4) is 0 Å². The Hall–Kier alpha value is -1.43. The maximum atomic E-state index is 5.76. The number of thiophene rings is 1. The lowest BCUT2D eigenvalue weighted by atomic mass is 10.0. The second-order valence-electron chi connectivity index (χ2n) is 5.33. The maximum absolute atomic E-state index is 5.76. The molecule has 1 atom stereocenters. The molecule has 0 radical (unpaired) electrons. The fraction of sp³-hybridized carbons (Fsp3) is 0.438. The van der Waals surface area contributed by atoms with Gasteiger partial charge in [-0.3, -0.25) is 4.90 Å². The number of hydrogen-bond donors (Lipinski definition) is 0. The molecule has 3 heterocycles. The number of fused-ring (bicyclic) bond motifs is 1. The van der Waals surface area contributed by atoms with Crippen molar-refractivity contribution in [3.63, 3.8) is 0 Å². The summed E-state index contributed by atoms with van der Waals surface area (Å²) in [6, 6.07) is 4.58. The summed E-state index contributed by atoms with van der Waals surface area (Å²) in [5.41, 5.74) is 2.51. The third-order valence-electron chi connectivity index (χ3n) is 3.91. The van der Waals surface area contributed by atoms with Crippen molar-refractivity contribution < 1.29 is 4.74 Å². The predicted molar refractivity (Wildman–Crippen MR) is 85.4 cm³/mol. The fourth-order valence-corrected chi connectivity index (χ4v) is 3.66. The number of aryl methyl sites for hydroxylation is 1. The molecular weight excluding hydrogens is 282 g/mol. The van der Waals surface area contributed by atoms with Gasteiger partial charge in [-0.15, -0.1) is 17.9 Å². The first-order valence-corrected chi connectivity index (χ1v) is 8.12. The summed E-state index contributed by atoms with van der Waals surface area (Å²) in [6.07, 6.45) is 4.73. The smallest absolute Gasteiger partial charge is 0.0949 e. The minimum atomic E-state index is 0.267. The molecular formula is C16H21N3OS. The summed E-state index contributed by atoms with van der Waals surface area (Å²) in [5, 5.41) is 2.14. The van der Waals surface area contributed by atoms with E-state index in [2.05, 4.69) is 45.6 Å². The molecule has 21 heavy (non-hydrogen) atoms. The van der Waals surface area contributed by atoms with Crippen LogP contribution in [0.25, 0.3) is 0 Å². The summed E-state index contributed by atoms with van der Waals surface area (Å²) < 4.78 is 7.89. The average Bonchev–Trinajstić information content (AvgIpc) is 3.11. The minimum absolute atomic E-state index is 0.267. The Balaban J connectivity index is 1.81. The third kappa shape index (κ3) is 3.10. The zero-order valence-corrected chi connectivity index (χ0v) is 13.2. The standard InChI is InChI=1S/C16H21N3OS/c1-3-8-20-11-15-16-14(17-12-18(16)2)6-7-19(15)10-13-5-4-9-21-13/h3-5,9,12,15H,1,6-8,10-11H2,2H3. The molecule has 0 spiro atoms. The molecule has 4 nitrogen and oxygen atoms in total. The van der Waals surface area contributed by atoms with E-state index in [-0.39, 0.29) is 6.04 Å². The molecule has 2 aromatic rings. The molecule has 5 heteroatoms. The lowest BCUT2D eigenvalue weighted by Crippen LogP contribution is -2.38. The number of ether oxygens (including phenoxy) is 1. The Morgan fingerprint density at radius 1 is 1.57 bits per heavy atom. The number of imidazole rings is 1. The molecule has 0 N–H and O–H groups in total. The van der Waals surface area contributed by atoms with Crippen molar-refractivity contribution >= 4 is 11.3 Å². The van der Waals surface area contributed by atoms with Gasteiger partial charge >= 0.3 is 0 Å². The second kappa shape index (κ2) is 6.56. The number of hydrogen-bond acceptors (Lipinski definition) is 4. The molecule has 0 saturated heterocycles. The van der Waals surface area contributed by atoms with Crippen LogP contribution in [0.4, 0.5) is 0 Å². The average molecular weight is 303 g/mol. The number of nitrogens with zero attached hydrogens (tertiary/aromatic N) is 3. The van der Waals surface area contributed by atoms with Gasteiger partial charge in [-0.1, -0.05) is 12.1 Å². The van der Waals surface area contributed by atoms with Crippen LogP contribution in [-0.2, 0) is 24.8 Å². The molecule has 1 aliphatic rings. The number of aromatic nitrogens is 2. The van der Waals surface area contributed by atoms with Crippen LogP contribution in [0.2, 0.25) is 0 Å². The Labute approximate surface area is 129 Å². The Morgan fingerprint density at radius 3 is 3.24 bits per heavy atom. The fourth-order valence-electron chi connectivity index (χ4n) is 2.93. The highest BCUT2D eigenvalue weighted by Gasteiger charge is 2.30. The molecule has 0 fully saturated rings. The van der Waals surface area contributed by atoms with Gasteiger partial charge in [-0.05, 0) is 11.4 Å². The maximum Gasteiger partial charge on any atom is 0.0949 e. The van der Waals surface area contributed by atoms with E-state index in [0.29, 0.717) is 13.2 Å². The monoisotopic (exact) mass is 303 g/mol. The highest BCUT2D eigenvalue weighted by molar-refractivity contribution is 7.09. The van der Waals surface area contributed by atoms with Crippen molar-refractivity contribution in [2.45, 2.75) is 19.0 Å². The molecule has 0 aromatic carbocycles. The predicted octanol–water partition coefficient (Wildman–Crippen LogP) is 2.78. The summed E-state index contributed by atoms with van der Waals surface area (Å²) >= 11 is 1.81. The third-order valence-corrected chi connectivity index (χ3v) is 4.77.